The van der Waals surface area contributed by atoms with Crippen LogP contribution in [0.2, 0.25) is 0 Å². The Morgan fingerprint density at radius 2 is 1.77 bits per heavy atom. The standard InChI is InChI=1S/C22H36N4O4S/c1-18-16-26(17-19(2)30-18)31(28,29)21-8-6-7-20(15-21)22(27)23-9-4-5-10-25-13-11-24(3)12-14-25/h6-8,15,18-19H,4-5,9-14,16-17H2,1-3H3,(H,23,27). The van der Waals surface area contributed by atoms with E-state index in [1.165, 1.54) is 10.4 Å². The summed E-state index contributed by atoms with van der Waals surface area (Å²) in [4.78, 5) is 17.5. The molecule has 1 amide bonds. The number of benzene rings is 1. The highest BCUT2D eigenvalue weighted by Gasteiger charge is 2.32. The van der Waals surface area contributed by atoms with Gasteiger partial charge in [-0.2, -0.15) is 4.31 Å². The molecule has 9 heteroatoms. The van der Waals surface area contributed by atoms with Crippen molar-refractivity contribution < 1.29 is 17.9 Å². The first-order valence-electron chi connectivity index (χ1n) is 11.2. The largest absolute Gasteiger partial charge is 0.373 e. The summed E-state index contributed by atoms with van der Waals surface area (Å²) >= 11 is 0. The molecule has 2 aliphatic heterocycles. The van der Waals surface area contributed by atoms with E-state index < -0.39 is 10.0 Å². The second-order valence-electron chi connectivity index (χ2n) is 8.72. The second-order valence-corrected chi connectivity index (χ2v) is 10.7. The lowest BCUT2D eigenvalue weighted by Crippen LogP contribution is -2.48. The molecule has 2 aliphatic rings. The maximum atomic E-state index is 13.1. The van der Waals surface area contributed by atoms with Crippen LogP contribution in [0.5, 0.6) is 0 Å². The highest BCUT2D eigenvalue weighted by Crippen LogP contribution is 2.22. The number of rotatable bonds is 8. The molecule has 2 unspecified atom stereocenters. The van der Waals surface area contributed by atoms with Crippen LogP contribution in [-0.4, -0.2) is 100 Å². The Bertz CT molecular complexity index is 830. The number of carbonyl (C=O) groups is 1. The van der Waals surface area contributed by atoms with Crippen LogP contribution in [0.25, 0.3) is 0 Å². The molecule has 0 saturated carbocycles. The quantitative estimate of drug-likeness (QED) is 0.598. The third kappa shape index (κ3) is 6.73. The van der Waals surface area contributed by atoms with Crippen molar-refractivity contribution in [2.75, 3.05) is 59.4 Å². The number of amides is 1. The summed E-state index contributed by atoms with van der Waals surface area (Å²) in [5.41, 5.74) is 0.370. The van der Waals surface area contributed by atoms with Gasteiger partial charge in [-0.15, -0.1) is 0 Å². The number of sulfonamides is 1. The highest BCUT2D eigenvalue weighted by atomic mass is 32.2. The van der Waals surface area contributed by atoms with E-state index in [2.05, 4.69) is 22.2 Å². The number of likely N-dealkylation sites (N-methyl/N-ethyl adjacent to an activating group) is 1. The van der Waals surface area contributed by atoms with Crippen molar-refractivity contribution >= 4 is 15.9 Å². The summed E-state index contributed by atoms with van der Waals surface area (Å²) in [5.74, 6) is -0.236. The molecular weight excluding hydrogens is 416 g/mol. The van der Waals surface area contributed by atoms with E-state index in [-0.39, 0.29) is 23.0 Å². The number of ether oxygens (including phenoxy) is 1. The normalized spacial score (nSPS) is 24.2. The number of carbonyl (C=O) groups excluding carboxylic acids is 1. The maximum absolute atomic E-state index is 13.1. The minimum absolute atomic E-state index is 0.150. The average Bonchev–Trinajstić information content (AvgIpc) is 2.74. The first-order valence-corrected chi connectivity index (χ1v) is 12.6. The molecule has 2 heterocycles. The zero-order chi connectivity index (χ0) is 22.4. The fourth-order valence-electron chi connectivity index (χ4n) is 4.11. The number of nitrogens with one attached hydrogen (secondary N) is 1. The van der Waals surface area contributed by atoms with Crippen LogP contribution in [0.3, 0.4) is 0 Å². The van der Waals surface area contributed by atoms with E-state index in [9.17, 15) is 13.2 Å². The van der Waals surface area contributed by atoms with Gasteiger partial charge in [-0.1, -0.05) is 6.07 Å². The van der Waals surface area contributed by atoms with Crippen LogP contribution in [0.4, 0.5) is 0 Å². The topological polar surface area (TPSA) is 82.2 Å². The number of piperazine rings is 1. The Labute approximate surface area is 186 Å². The second kappa shape index (κ2) is 10.9. The lowest BCUT2D eigenvalue weighted by molar-refractivity contribution is -0.0440. The van der Waals surface area contributed by atoms with E-state index in [4.69, 9.17) is 4.74 Å². The van der Waals surface area contributed by atoms with Crippen LogP contribution in [-0.2, 0) is 14.8 Å². The molecule has 174 valence electrons. The molecule has 0 spiro atoms. The lowest BCUT2D eigenvalue weighted by atomic mass is 10.2. The van der Waals surface area contributed by atoms with Gasteiger partial charge in [0, 0.05) is 51.4 Å². The summed E-state index contributed by atoms with van der Waals surface area (Å²) in [5, 5.41) is 2.92. The molecule has 8 nitrogen and oxygen atoms in total. The van der Waals surface area contributed by atoms with Crippen LogP contribution in [0.1, 0.15) is 37.0 Å². The molecule has 1 aromatic rings. The predicted octanol–water partition coefficient (Wildman–Crippen LogP) is 1.24. The molecule has 0 radical (unpaired) electrons. The summed E-state index contributed by atoms with van der Waals surface area (Å²) in [6, 6.07) is 6.30. The van der Waals surface area contributed by atoms with Gasteiger partial charge in [-0.25, -0.2) is 8.42 Å². The van der Waals surface area contributed by atoms with E-state index in [0.717, 1.165) is 45.6 Å². The number of hydrogen-bond acceptors (Lipinski definition) is 6. The van der Waals surface area contributed by atoms with Crippen molar-refractivity contribution in [3.05, 3.63) is 29.8 Å². The van der Waals surface area contributed by atoms with Gasteiger partial charge in [-0.05, 0) is 58.5 Å². The monoisotopic (exact) mass is 452 g/mol. The Morgan fingerprint density at radius 3 is 2.45 bits per heavy atom. The Kier molecular flexibility index (Phi) is 8.46. The first kappa shape index (κ1) is 24.1. The van der Waals surface area contributed by atoms with E-state index in [1.54, 1.807) is 18.2 Å². The Morgan fingerprint density at radius 1 is 1.10 bits per heavy atom. The van der Waals surface area contributed by atoms with E-state index in [1.807, 2.05) is 13.8 Å². The maximum Gasteiger partial charge on any atom is 0.251 e. The minimum Gasteiger partial charge on any atom is -0.373 e. The molecular formula is C22H36N4O4S. The van der Waals surface area contributed by atoms with Crippen molar-refractivity contribution in [1.29, 1.82) is 0 Å². The zero-order valence-electron chi connectivity index (χ0n) is 18.9. The van der Waals surface area contributed by atoms with Crippen molar-refractivity contribution in [1.82, 2.24) is 19.4 Å². The van der Waals surface area contributed by atoms with Gasteiger partial charge >= 0.3 is 0 Å². The van der Waals surface area contributed by atoms with E-state index in [0.29, 0.717) is 25.2 Å². The smallest absolute Gasteiger partial charge is 0.251 e. The van der Waals surface area contributed by atoms with Crippen molar-refractivity contribution in [2.24, 2.45) is 0 Å². The Balaban J connectivity index is 1.49. The minimum atomic E-state index is -3.67. The molecule has 2 fully saturated rings. The van der Waals surface area contributed by atoms with Gasteiger partial charge in [0.15, 0.2) is 0 Å². The fourth-order valence-corrected chi connectivity index (χ4v) is 5.75. The number of hydrogen-bond donors (Lipinski definition) is 1. The van der Waals surface area contributed by atoms with Gasteiger partial charge in [0.2, 0.25) is 10.0 Å². The van der Waals surface area contributed by atoms with Crippen molar-refractivity contribution in [3.8, 4) is 0 Å². The summed E-state index contributed by atoms with van der Waals surface area (Å²) in [7, 11) is -1.52. The van der Waals surface area contributed by atoms with E-state index >= 15 is 0 Å². The van der Waals surface area contributed by atoms with Gasteiger partial charge in [0.25, 0.3) is 5.91 Å². The summed E-state index contributed by atoms with van der Waals surface area (Å²) in [6.45, 7) is 10.4. The van der Waals surface area contributed by atoms with Crippen LogP contribution in [0.15, 0.2) is 29.2 Å². The van der Waals surface area contributed by atoms with Gasteiger partial charge in [-0.3, -0.25) is 4.79 Å². The summed E-state index contributed by atoms with van der Waals surface area (Å²) in [6.07, 6.45) is 1.62. The fraction of sp³-hybridized carbons (Fsp3) is 0.682. The molecule has 0 aliphatic carbocycles. The molecule has 31 heavy (non-hydrogen) atoms. The summed E-state index contributed by atoms with van der Waals surface area (Å²) < 4.78 is 33.2. The number of unbranched alkanes of at least 4 members (excludes halogenated alkanes) is 1. The van der Waals surface area contributed by atoms with Crippen molar-refractivity contribution in [2.45, 2.75) is 43.8 Å². The predicted molar refractivity (Wildman–Crippen MR) is 121 cm³/mol. The van der Waals surface area contributed by atoms with Crippen molar-refractivity contribution in [3.63, 3.8) is 0 Å². The number of nitrogens with zero attached hydrogens (tertiary/aromatic N) is 3. The van der Waals surface area contributed by atoms with Crippen LogP contribution >= 0.6 is 0 Å². The molecule has 2 saturated heterocycles. The molecule has 1 N–H and O–H groups in total. The van der Waals surface area contributed by atoms with Crippen LogP contribution in [0, 0.1) is 0 Å². The zero-order valence-corrected chi connectivity index (χ0v) is 19.7. The average molecular weight is 453 g/mol. The van der Waals surface area contributed by atoms with Crippen LogP contribution < -0.4 is 5.32 Å². The molecule has 2 atom stereocenters. The Hall–Kier alpha value is -1.52. The molecule has 1 aromatic carbocycles. The lowest BCUT2D eigenvalue weighted by Gasteiger charge is -2.34. The highest BCUT2D eigenvalue weighted by molar-refractivity contribution is 7.89. The van der Waals surface area contributed by atoms with Gasteiger partial charge in [0.1, 0.15) is 0 Å². The SMILES string of the molecule is CC1CN(S(=O)(=O)c2cccc(C(=O)NCCCCN3CCN(C)CC3)c2)CC(C)O1. The van der Waals surface area contributed by atoms with Gasteiger partial charge < -0.3 is 19.9 Å². The molecule has 0 bridgehead atoms. The number of morpholine rings is 1. The first-order chi connectivity index (χ1) is 14.8. The third-order valence-corrected chi connectivity index (χ3v) is 7.73. The van der Waals surface area contributed by atoms with Gasteiger partial charge in [0.05, 0.1) is 17.1 Å². The molecule has 0 aromatic heterocycles. The third-order valence-electron chi connectivity index (χ3n) is 5.90. The molecule has 3 rings (SSSR count).